The van der Waals surface area contributed by atoms with Crippen LogP contribution < -0.4 is 0 Å². The van der Waals surface area contributed by atoms with Crippen molar-refractivity contribution >= 4 is 18.0 Å². The van der Waals surface area contributed by atoms with Gasteiger partial charge in [0.25, 0.3) is 0 Å². The molecule has 1 spiro atoms. The number of carboxylic acids is 1. The average molecular weight is 329 g/mol. The van der Waals surface area contributed by atoms with E-state index < -0.39 is 17.7 Å². The first-order chi connectivity index (χ1) is 11.5. The maximum Gasteiger partial charge on any atom is 0.328 e. The fourth-order valence-corrected chi connectivity index (χ4v) is 3.61. The van der Waals surface area contributed by atoms with E-state index in [0.29, 0.717) is 18.8 Å². The first kappa shape index (κ1) is 16.7. The highest BCUT2D eigenvalue weighted by molar-refractivity contribution is 5.95. The molecular weight excluding hydrogens is 306 g/mol. The smallest absolute Gasteiger partial charge is 0.328 e. The second kappa shape index (κ2) is 6.77. The minimum absolute atomic E-state index is 0.0641. The van der Waals surface area contributed by atoms with E-state index in [-0.39, 0.29) is 12.5 Å². The number of benzene rings is 1. The van der Waals surface area contributed by atoms with Gasteiger partial charge < -0.3 is 9.84 Å². The van der Waals surface area contributed by atoms with Crippen LogP contribution in [-0.4, -0.2) is 40.3 Å². The van der Waals surface area contributed by atoms with E-state index in [1.54, 1.807) is 6.08 Å². The molecule has 2 fully saturated rings. The topological polar surface area (TPSA) is 66.8 Å². The number of aliphatic carboxylic acids is 1. The van der Waals surface area contributed by atoms with Gasteiger partial charge in [-0.1, -0.05) is 37.3 Å². The maximum absolute atomic E-state index is 12.8. The van der Waals surface area contributed by atoms with Gasteiger partial charge >= 0.3 is 5.97 Å². The van der Waals surface area contributed by atoms with Gasteiger partial charge in [0, 0.05) is 6.08 Å². The number of carbonyl (C=O) groups is 2. The number of amides is 1. The van der Waals surface area contributed by atoms with E-state index in [2.05, 4.69) is 6.92 Å². The van der Waals surface area contributed by atoms with Gasteiger partial charge in [0.1, 0.15) is 5.72 Å². The summed E-state index contributed by atoms with van der Waals surface area (Å²) >= 11 is 0. The molecule has 2 aliphatic rings. The Morgan fingerprint density at radius 3 is 2.54 bits per heavy atom. The van der Waals surface area contributed by atoms with Gasteiger partial charge in [-0.15, -0.1) is 0 Å². The highest BCUT2D eigenvalue weighted by atomic mass is 16.5. The number of carbonyl (C=O) groups excluding carboxylic acids is 1. The highest BCUT2D eigenvalue weighted by Crippen LogP contribution is 2.42. The number of ether oxygens (including phenoxy) is 1. The summed E-state index contributed by atoms with van der Waals surface area (Å²) in [5.41, 5.74) is 0.150. The lowest BCUT2D eigenvalue weighted by Gasteiger charge is -2.42. The van der Waals surface area contributed by atoms with Gasteiger partial charge in [-0.2, -0.15) is 0 Å². The van der Waals surface area contributed by atoms with Crippen LogP contribution in [-0.2, 0) is 14.3 Å². The molecule has 1 heterocycles. The zero-order valence-corrected chi connectivity index (χ0v) is 13.9. The molecule has 0 radical (unpaired) electrons. The maximum atomic E-state index is 12.8. The third-order valence-electron chi connectivity index (χ3n) is 5.06. The molecule has 1 amide bonds. The summed E-state index contributed by atoms with van der Waals surface area (Å²) in [6, 6.07) is 8.59. The monoisotopic (exact) mass is 329 g/mol. The van der Waals surface area contributed by atoms with E-state index in [0.717, 1.165) is 18.4 Å². The molecule has 1 aromatic carbocycles. The van der Waals surface area contributed by atoms with Crippen LogP contribution in [0.2, 0.25) is 0 Å². The van der Waals surface area contributed by atoms with Gasteiger partial charge in [0.15, 0.2) is 6.04 Å². The summed E-state index contributed by atoms with van der Waals surface area (Å²) in [6.45, 7) is 2.24. The summed E-state index contributed by atoms with van der Waals surface area (Å²) in [5.74, 6) is -0.717. The summed E-state index contributed by atoms with van der Waals surface area (Å²) in [4.78, 5) is 25.8. The quantitative estimate of drug-likeness (QED) is 0.866. The fourth-order valence-electron chi connectivity index (χ4n) is 3.61. The molecule has 5 nitrogen and oxygen atoms in total. The summed E-state index contributed by atoms with van der Waals surface area (Å²) in [7, 11) is 0. The van der Waals surface area contributed by atoms with E-state index in [1.165, 1.54) is 11.0 Å². The number of hydrogen-bond donors (Lipinski definition) is 1. The molecule has 3 rings (SSSR count). The third kappa shape index (κ3) is 3.22. The lowest BCUT2D eigenvalue weighted by molar-refractivity contribution is -0.160. The average Bonchev–Trinajstić information content (AvgIpc) is 2.96. The third-order valence-corrected chi connectivity index (χ3v) is 5.06. The van der Waals surface area contributed by atoms with Crippen LogP contribution in [0.1, 0.15) is 38.2 Å². The zero-order valence-electron chi connectivity index (χ0n) is 13.9. The molecule has 24 heavy (non-hydrogen) atoms. The molecular formula is C19H23NO4. The van der Waals surface area contributed by atoms with Crippen molar-refractivity contribution in [3.05, 3.63) is 42.0 Å². The highest BCUT2D eigenvalue weighted by Gasteiger charge is 2.53. The van der Waals surface area contributed by atoms with Crippen molar-refractivity contribution in [3.63, 3.8) is 0 Å². The van der Waals surface area contributed by atoms with Crippen molar-refractivity contribution in [3.8, 4) is 0 Å². The van der Waals surface area contributed by atoms with Crippen LogP contribution in [0.15, 0.2) is 36.4 Å². The van der Waals surface area contributed by atoms with Crippen LogP contribution >= 0.6 is 0 Å². The molecule has 128 valence electrons. The minimum atomic E-state index is -1.01. The molecule has 1 unspecified atom stereocenters. The molecule has 1 N–H and O–H groups in total. The van der Waals surface area contributed by atoms with Crippen molar-refractivity contribution in [1.29, 1.82) is 0 Å². The molecule has 1 aliphatic heterocycles. The molecule has 1 saturated heterocycles. The van der Waals surface area contributed by atoms with Crippen LogP contribution in [0.5, 0.6) is 0 Å². The van der Waals surface area contributed by atoms with Crippen LogP contribution in [0.25, 0.3) is 6.08 Å². The SMILES string of the molecule is CC1CCC2(CC1)OCC(C(=O)O)N2C(=O)/C=C\c1ccccc1. The minimum Gasteiger partial charge on any atom is -0.480 e. The lowest BCUT2D eigenvalue weighted by atomic mass is 9.83. The Morgan fingerprint density at radius 2 is 1.92 bits per heavy atom. The van der Waals surface area contributed by atoms with Crippen molar-refractivity contribution in [2.75, 3.05) is 6.61 Å². The molecule has 0 bridgehead atoms. The normalized spacial score (nSPS) is 30.1. The Balaban J connectivity index is 1.83. The fraction of sp³-hybridized carbons (Fsp3) is 0.474. The van der Waals surface area contributed by atoms with E-state index in [1.807, 2.05) is 30.3 Å². The van der Waals surface area contributed by atoms with Gasteiger partial charge in [-0.3, -0.25) is 9.69 Å². The second-order valence-corrected chi connectivity index (χ2v) is 6.75. The van der Waals surface area contributed by atoms with Gasteiger partial charge in [0.2, 0.25) is 5.91 Å². The summed E-state index contributed by atoms with van der Waals surface area (Å²) in [6.07, 6.45) is 6.46. The number of carboxylic acid groups (broad SMARTS) is 1. The number of hydrogen-bond acceptors (Lipinski definition) is 3. The van der Waals surface area contributed by atoms with Gasteiger partial charge in [-0.25, -0.2) is 4.79 Å². The van der Waals surface area contributed by atoms with Crippen LogP contribution in [0.4, 0.5) is 0 Å². The van der Waals surface area contributed by atoms with E-state index >= 15 is 0 Å². The number of nitrogens with zero attached hydrogens (tertiary/aromatic N) is 1. The van der Waals surface area contributed by atoms with E-state index in [9.17, 15) is 14.7 Å². The molecule has 1 atom stereocenters. The molecule has 0 aromatic heterocycles. The van der Waals surface area contributed by atoms with Crippen molar-refractivity contribution in [2.45, 2.75) is 44.4 Å². The Labute approximate surface area is 141 Å². The summed E-state index contributed by atoms with van der Waals surface area (Å²) < 4.78 is 5.88. The second-order valence-electron chi connectivity index (χ2n) is 6.75. The van der Waals surface area contributed by atoms with E-state index in [4.69, 9.17) is 4.74 Å². The summed E-state index contributed by atoms with van der Waals surface area (Å²) in [5, 5.41) is 9.49. The largest absolute Gasteiger partial charge is 0.480 e. The Bertz CT molecular complexity index is 632. The van der Waals surface area contributed by atoms with Gasteiger partial charge in [0.05, 0.1) is 6.61 Å². The first-order valence-electron chi connectivity index (χ1n) is 8.45. The Morgan fingerprint density at radius 1 is 1.25 bits per heavy atom. The van der Waals surface area contributed by atoms with Crippen molar-refractivity contribution < 1.29 is 19.4 Å². The number of rotatable bonds is 3. The Hall–Kier alpha value is -2.14. The van der Waals surface area contributed by atoms with Crippen LogP contribution in [0.3, 0.4) is 0 Å². The lowest BCUT2D eigenvalue weighted by Crippen LogP contribution is -2.54. The predicted octanol–water partition coefficient (Wildman–Crippen LogP) is 2.92. The van der Waals surface area contributed by atoms with Crippen molar-refractivity contribution in [1.82, 2.24) is 4.90 Å². The van der Waals surface area contributed by atoms with Crippen LogP contribution in [0, 0.1) is 5.92 Å². The molecule has 1 aliphatic carbocycles. The zero-order chi connectivity index (χ0) is 17.2. The molecule has 1 saturated carbocycles. The Kier molecular flexibility index (Phi) is 4.71. The molecule has 5 heteroatoms. The first-order valence-corrected chi connectivity index (χ1v) is 8.45. The predicted molar refractivity (Wildman–Crippen MR) is 90.1 cm³/mol. The van der Waals surface area contributed by atoms with Gasteiger partial charge in [-0.05, 0) is 43.2 Å². The van der Waals surface area contributed by atoms with Crippen molar-refractivity contribution in [2.24, 2.45) is 5.92 Å². The standard InChI is InChI=1S/C19H23NO4/c1-14-9-11-19(12-10-14)20(16(13-24-19)18(22)23)17(21)8-7-15-5-3-2-4-6-15/h2-8,14,16H,9-13H2,1H3,(H,22,23)/b8-7-. The molecule has 1 aromatic rings.